The Morgan fingerprint density at radius 1 is 1.17 bits per heavy atom. The van der Waals surface area contributed by atoms with Crippen molar-refractivity contribution in [3.8, 4) is 5.75 Å². The lowest BCUT2D eigenvalue weighted by Crippen LogP contribution is -2.49. The van der Waals surface area contributed by atoms with Gasteiger partial charge in [0.25, 0.3) is 5.91 Å². The van der Waals surface area contributed by atoms with Gasteiger partial charge in [-0.2, -0.15) is 0 Å². The minimum absolute atomic E-state index is 0.0729. The Morgan fingerprint density at radius 2 is 1.96 bits per heavy atom. The summed E-state index contributed by atoms with van der Waals surface area (Å²) in [5.41, 5.74) is 1.06. The summed E-state index contributed by atoms with van der Waals surface area (Å²) in [7, 11) is 0. The average Bonchev–Trinajstić information content (AvgIpc) is 3.65. The fourth-order valence-corrected chi connectivity index (χ4v) is 7.09. The molecule has 11 heteroatoms. The molecule has 1 saturated heterocycles. The van der Waals surface area contributed by atoms with Crippen LogP contribution in [0.4, 0.5) is 17.1 Å². The van der Waals surface area contributed by atoms with Gasteiger partial charge in [-0.15, -0.1) is 6.58 Å². The maximum atomic E-state index is 14.1. The van der Waals surface area contributed by atoms with E-state index in [-0.39, 0.29) is 44.0 Å². The summed E-state index contributed by atoms with van der Waals surface area (Å²) in [5.74, 6) is -0.791. The third kappa shape index (κ3) is 6.78. The molecule has 3 amide bonds. The van der Waals surface area contributed by atoms with Gasteiger partial charge in [0.2, 0.25) is 11.8 Å². The second-order valence-corrected chi connectivity index (χ2v) is 12.7. The quantitative estimate of drug-likeness (QED) is 0.168. The van der Waals surface area contributed by atoms with Crippen LogP contribution >= 0.6 is 0 Å². The number of carbonyl (C=O) groups excluding carboxylic acids is 3. The number of aliphatic hydroxyl groups excluding tert-OH is 2. The molecule has 4 atom stereocenters. The van der Waals surface area contributed by atoms with Gasteiger partial charge in [-0.1, -0.05) is 25.2 Å². The Labute approximate surface area is 282 Å². The van der Waals surface area contributed by atoms with Crippen LogP contribution in [0.3, 0.4) is 0 Å². The normalized spacial score (nSPS) is 22.7. The molecular formula is C37H48N4O7. The van der Waals surface area contributed by atoms with Crippen molar-refractivity contribution in [2.24, 2.45) is 5.92 Å². The lowest BCUT2D eigenvalue weighted by molar-refractivity contribution is -0.139. The molecule has 0 aromatic heterocycles. The zero-order valence-corrected chi connectivity index (χ0v) is 27.9. The molecule has 3 heterocycles. The summed E-state index contributed by atoms with van der Waals surface area (Å²) in [6.45, 7) is 9.32. The van der Waals surface area contributed by atoms with Gasteiger partial charge in [0.1, 0.15) is 5.75 Å². The van der Waals surface area contributed by atoms with Crippen molar-refractivity contribution in [3.63, 3.8) is 0 Å². The first kappa shape index (κ1) is 35.3. The minimum Gasteiger partial charge on any atom is -0.494 e. The number of rotatable bonds is 15. The standard InChI is InChI=1S/C37H48N4O7/c1-4-18-40-33-15-13-27(41-32-16-14-29(48-5-2)21-26(32)22-31(35(41)45)38-17-6-7-20-42)23-30(33)37(47,36(40)46)25(3)10-8-12-34(44)39-19-9-11-28(39)24-43/h4,8,10,13-16,21,23,25,28,31,38,42-43,47H,1,5-7,9,11-12,17-20,22,24H2,2-3H3/b10-8+/t25-,28-,31?,37+/m0/s1. The number of fused-ring (bicyclic) bond motifs is 2. The number of likely N-dealkylation sites (tertiary alicyclic amines) is 1. The molecule has 258 valence electrons. The average molecular weight is 661 g/mol. The van der Waals surface area contributed by atoms with Crippen LogP contribution in [0.25, 0.3) is 0 Å². The van der Waals surface area contributed by atoms with Gasteiger partial charge >= 0.3 is 0 Å². The highest BCUT2D eigenvalue weighted by molar-refractivity contribution is 6.10. The fourth-order valence-electron chi connectivity index (χ4n) is 7.09. The van der Waals surface area contributed by atoms with Crippen LogP contribution in [0.15, 0.2) is 61.2 Å². The van der Waals surface area contributed by atoms with E-state index < -0.39 is 23.5 Å². The predicted octanol–water partition coefficient (Wildman–Crippen LogP) is 3.32. The van der Waals surface area contributed by atoms with E-state index in [2.05, 4.69) is 11.9 Å². The molecule has 2 aromatic carbocycles. The maximum Gasteiger partial charge on any atom is 0.264 e. The molecule has 0 aliphatic carbocycles. The Kier molecular flexibility index (Phi) is 11.4. The van der Waals surface area contributed by atoms with Crippen LogP contribution < -0.4 is 19.9 Å². The molecule has 48 heavy (non-hydrogen) atoms. The van der Waals surface area contributed by atoms with Crippen LogP contribution in [0.2, 0.25) is 0 Å². The number of anilines is 3. The van der Waals surface area contributed by atoms with E-state index >= 15 is 0 Å². The molecule has 0 bridgehead atoms. The van der Waals surface area contributed by atoms with Crippen LogP contribution in [0.5, 0.6) is 5.75 Å². The Bertz CT molecular complexity index is 1540. The van der Waals surface area contributed by atoms with Gasteiger partial charge in [0.05, 0.1) is 36.7 Å². The smallest absolute Gasteiger partial charge is 0.264 e. The maximum absolute atomic E-state index is 14.1. The third-order valence-electron chi connectivity index (χ3n) is 9.63. The lowest BCUT2D eigenvalue weighted by Gasteiger charge is -2.35. The molecule has 0 saturated carbocycles. The highest BCUT2D eigenvalue weighted by Gasteiger charge is 2.52. The number of aliphatic hydroxyl groups is 3. The molecule has 3 aliphatic rings. The highest BCUT2D eigenvalue weighted by Crippen LogP contribution is 2.48. The van der Waals surface area contributed by atoms with Gasteiger partial charge < -0.3 is 35.2 Å². The minimum atomic E-state index is -1.96. The summed E-state index contributed by atoms with van der Waals surface area (Å²) < 4.78 is 5.76. The van der Waals surface area contributed by atoms with Crippen LogP contribution in [0, 0.1) is 5.92 Å². The van der Waals surface area contributed by atoms with E-state index in [1.165, 1.54) is 4.90 Å². The molecule has 11 nitrogen and oxygen atoms in total. The van der Waals surface area contributed by atoms with Crippen molar-refractivity contribution in [2.45, 2.75) is 70.1 Å². The van der Waals surface area contributed by atoms with Crippen LogP contribution in [-0.2, 0) is 26.4 Å². The first-order chi connectivity index (χ1) is 23.2. The van der Waals surface area contributed by atoms with Gasteiger partial charge in [-0.3, -0.25) is 19.3 Å². The zero-order valence-electron chi connectivity index (χ0n) is 27.9. The number of carbonyl (C=O) groups is 3. The Hall–Kier alpha value is -4.03. The lowest BCUT2D eigenvalue weighted by atomic mass is 9.82. The van der Waals surface area contributed by atoms with Crippen molar-refractivity contribution < 1.29 is 34.4 Å². The van der Waals surface area contributed by atoms with E-state index in [0.717, 1.165) is 24.8 Å². The molecule has 4 N–H and O–H groups in total. The summed E-state index contributed by atoms with van der Waals surface area (Å²) in [4.78, 5) is 45.8. The third-order valence-corrected chi connectivity index (χ3v) is 9.63. The Morgan fingerprint density at radius 3 is 2.69 bits per heavy atom. The number of amides is 3. The number of nitrogens with one attached hydrogen (secondary N) is 1. The number of ether oxygens (including phenoxy) is 1. The SMILES string of the molecule is C=CCN1C(=O)[C@@](O)([C@@H](C)/C=C/CC(=O)N2CCC[C@H]2CO)c2cc(N3C(=O)C(NCCCCO)Cc4cc(OCC)ccc43)ccc21. The predicted molar refractivity (Wildman–Crippen MR) is 184 cm³/mol. The van der Waals surface area contributed by atoms with Crippen molar-refractivity contribution in [1.29, 1.82) is 0 Å². The molecule has 1 fully saturated rings. The van der Waals surface area contributed by atoms with Gasteiger partial charge in [-0.05, 0) is 87.5 Å². The number of hydrogen-bond acceptors (Lipinski definition) is 8. The zero-order chi connectivity index (χ0) is 34.4. The van der Waals surface area contributed by atoms with Crippen molar-refractivity contribution >= 4 is 34.8 Å². The number of hydrogen-bond donors (Lipinski definition) is 4. The molecule has 3 aliphatic heterocycles. The van der Waals surface area contributed by atoms with Crippen LogP contribution in [0.1, 0.15) is 57.1 Å². The summed E-state index contributed by atoms with van der Waals surface area (Å²) in [6, 6.07) is 10.2. The molecule has 0 spiro atoms. The first-order valence-corrected chi connectivity index (χ1v) is 17.0. The second-order valence-electron chi connectivity index (χ2n) is 12.7. The molecule has 1 unspecified atom stereocenters. The fraction of sp³-hybridized carbons (Fsp3) is 0.486. The number of benzene rings is 2. The molecule has 0 radical (unpaired) electrons. The largest absolute Gasteiger partial charge is 0.494 e. The summed E-state index contributed by atoms with van der Waals surface area (Å²) in [5, 5.41) is 34.5. The van der Waals surface area contributed by atoms with E-state index in [9.17, 15) is 29.7 Å². The highest BCUT2D eigenvalue weighted by atomic mass is 16.5. The van der Waals surface area contributed by atoms with Crippen molar-refractivity contribution in [2.75, 3.05) is 49.3 Å². The first-order valence-electron chi connectivity index (χ1n) is 17.0. The van der Waals surface area contributed by atoms with Gasteiger partial charge in [0, 0.05) is 43.3 Å². The van der Waals surface area contributed by atoms with Crippen LogP contribution in [-0.4, -0.2) is 89.5 Å². The summed E-state index contributed by atoms with van der Waals surface area (Å²) in [6.07, 6.45) is 8.48. The van der Waals surface area contributed by atoms with E-state index in [0.29, 0.717) is 60.9 Å². The van der Waals surface area contributed by atoms with Gasteiger partial charge in [-0.25, -0.2) is 0 Å². The van der Waals surface area contributed by atoms with Crippen molar-refractivity contribution in [1.82, 2.24) is 10.2 Å². The van der Waals surface area contributed by atoms with E-state index in [1.807, 2.05) is 25.1 Å². The van der Waals surface area contributed by atoms with Crippen molar-refractivity contribution in [3.05, 3.63) is 72.3 Å². The Balaban J connectivity index is 1.49. The topological polar surface area (TPSA) is 143 Å². The summed E-state index contributed by atoms with van der Waals surface area (Å²) >= 11 is 0. The van der Waals surface area contributed by atoms with E-state index in [4.69, 9.17) is 4.74 Å². The van der Waals surface area contributed by atoms with E-state index in [1.54, 1.807) is 53.2 Å². The molecule has 5 rings (SSSR count). The van der Waals surface area contributed by atoms with Gasteiger partial charge in [0.15, 0.2) is 5.60 Å². The second kappa shape index (κ2) is 15.5. The molecule has 2 aromatic rings. The number of nitrogens with zero attached hydrogens (tertiary/aromatic N) is 3. The monoisotopic (exact) mass is 660 g/mol. The molecular weight excluding hydrogens is 612 g/mol. The number of unbranched alkanes of at least 4 members (excludes halogenated alkanes) is 1.